The third-order valence-electron chi connectivity index (χ3n) is 4.19. The highest BCUT2D eigenvalue weighted by Gasteiger charge is 2.17. The second-order valence-electron chi connectivity index (χ2n) is 5.97. The van der Waals surface area contributed by atoms with Crippen molar-refractivity contribution in [1.82, 2.24) is 4.98 Å². The van der Waals surface area contributed by atoms with Crippen molar-refractivity contribution in [3.63, 3.8) is 0 Å². The number of amides is 1. The molecule has 1 saturated heterocycles. The summed E-state index contributed by atoms with van der Waals surface area (Å²) in [5.41, 5.74) is 1.13. The van der Waals surface area contributed by atoms with E-state index in [9.17, 15) is 4.79 Å². The van der Waals surface area contributed by atoms with E-state index in [1.807, 2.05) is 12.1 Å². The average Bonchev–Trinajstić information content (AvgIpc) is 3.32. The Labute approximate surface area is 145 Å². The molecule has 0 saturated carbocycles. The fourth-order valence-electron chi connectivity index (χ4n) is 2.84. The van der Waals surface area contributed by atoms with Crippen LogP contribution in [0.25, 0.3) is 0 Å². The van der Waals surface area contributed by atoms with Crippen LogP contribution in [0.3, 0.4) is 0 Å². The number of fused-ring (bicyclic) bond motifs is 1. The van der Waals surface area contributed by atoms with E-state index in [1.54, 1.807) is 24.4 Å². The molecule has 1 unspecified atom stereocenters. The molecule has 0 radical (unpaired) electrons. The first-order chi connectivity index (χ1) is 12.3. The van der Waals surface area contributed by atoms with Crippen molar-refractivity contribution in [1.29, 1.82) is 0 Å². The summed E-state index contributed by atoms with van der Waals surface area (Å²) in [5, 5.41) is 6.07. The van der Waals surface area contributed by atoms with Crippen LogP contribution in [0.1, 0.15) is 23.2 Å². The summed E-state index contributed by atoms with van der Waals surface area (Å²) in [7, 11) is 0. The van der Waals surface area contributed by atoms with Gasteiger partial charge in [0.15, 0.2) is 11.5 Å². The Morgan fingerprint density at radius 1 is 1.20 bits per heavy atom. The fourth-order valence-corrected chi connectivity index (χ4v) is 2.84. The highest BCUT2D eigenvalue weighted by molar-refractivity contribution is 6.04. The molecule has 1 atom stereocenters. The van der Waals surface area contributed by atoms with E-state index in [-0.39, 0.29) is 18.8 Å². The fraction of sp³-hybridized carbons (Fsp3) is 0.333. The molecule has 1 amide bonds. The zero-order chi connectivity index (χ0) is 17.1. The Kier molecular flexibility index (Phi) is 4.39. The highest BCUT2D eigenvalue weighted by Crippen LogP contribution is 2.32. The van der Waals surface area contributed by atoms with Gasteiger partial charge >= 0.3 is 0 Å². The Morgan fingerprint density at radius 3 is 2.92 bits per heavy atom. The lowest BCUT2D eigenvalue weighted by atomic mass is 10.2. The first-order valence-electron chi connectivity index (χ1n) is 8.30. The van der Waals surface area contributed by atoms with E-state index in [4.69, 9.17) is 14.2 Å². The quantitative estimate of drug-likeness (QED) is 0.870. The van der Waals surface area contributed by atoms with Gasteiger partial charge in [0.1, 0.15) is 5.82 Å². The summed E-state index contributed by atoms with van der Waals surface area (Å²) < 4.78 is 16.1. The van der Waals surface area contributed by atoms with Crippen molar-refractivity contribution < 1.29 is 19.0 Å². The molecule has 3 heterocycles. The Bertz CT molecular complexity index is 757. The Hall–Kier alpha value is -2.80. The van der Waals surface area contributed by atoms with Crippen molar-refractivity contribution >= 4 is 17.4 Å². The van der Waals surface area contributed by atoms with Crippen LogP contribution in [0.15, 0.2) is 36.5 Å². The lowest BCUT2D eigenvalue weighted by Crippen LogP contribution is -2.19. The SMILES string of the molecule is O=C(Nc1ccc(NCC2CCCO2)nc1)c1ccc2c(c1)OCO2. The molecule has 4 rings (SSSR count). The van der Waals surface area contributed by atoms with Crippen LogP contribution in [-0.4, -0.2) is 36.9 Å². The van der Waals surface area contributed by atoms with Gasteiger partial charge in [0.2, 0.25) is 6.79 Å². The number of carbonyl (C=O) groups is 1. The average molecular weight is 341 g/mol. The van der Waals surface area contributed by atoms with Crippen molar-refractivity contribution in [2.75, 3.05) is 30.6 Å². The van der Waals surface area contributed by atoms with Crippen LogP contribution in [0.5, 0.6) is 11.5 Å². The van der Waals surface area contributed by atoms with Gasteiger partial charge in [-0.2, -0.15) is 0 Å². The minimum absolute atomic E-state index is 0.185. The molecule has 1 aromatic carbocycles. The maximum Gasteiger partial charge on any atom is 0.255 e. The van der Waals surface area contributed by atoms with Crippen LogP contribution in [0.4, 0.5) is 11.5 Å². The van der Waals surface area contributed by atoms with Gasteiger partial charge in [-0.05, 0) is 43.2 Å². The second kappa shape index (κ2) is 6.98. The monoisotopic (exact) mass is 341 g/mol. The van der Waals surface area contributed by atoms with Crippen molar-refractivity contribution in [2.45, 2.75) is 18.9 Å². The molecule has 0 aliphatic carbocycles. The molecule has 25 heavy (non-hydrogen) atoms. The van der Waals surface area contributed by atoms with E-state index >= 15 is 0 Å². The second-order valence-corrected chi connectivity index (χ2v) is 5.97. The van der Waals surface area contributed by atoms with E-state index in [2.05, 4.69) is 15.6 Å². The number of nitrogens with one attached hydrogen (secondary N) is 2. The van der Waals surface area contributed by atoms with Gasteiger partial charge in [0, 0.05) is 18.7 Å². The van der Waals surface area contributed by atoms with E-state index < -0.39 is 0 Å². The zero-order valence-corrected chi connectivity index (χ0v) is 13.7. The number of anilines is 2. The van der Waals surface area contributed by atoms with Crippen LogP contribution < -0.4 is 20.1 Å². The lowest BCUT2D eigenvalue weighted by Gasteiger charge is -2.11. The standard InChI is InChI=1S/C18H19N3O4/c22-18(12-3-5-15-16(8-12)25-11-24-15)21-13-4-6-17(19-9-13)20-10-14-2-1-7-23-14/h3-6,8-9,14H,1-2,7,10-11H2,(H,19,20)(H,21,22). The minimum atomic E-state index is -0.222. The smallest absolute Gasteiger partial charge is 0.255 e. The Balaban J connectivity index is 1.34. The molecule has 7 heteroatoms. The first-order valence-corrected chi connectivity index (χ1v) is 8.30. The topological polar surface area (TPSA) is 81.7 Å². The number of rotatable bonds is 5. The van der Waals surface area contributed by atoms with Gasteiger partial charge < -0.3 is 24.8 Å². The summed E-state index contributed by atoms with van der Waals surface area (Å²) in [5.74, 6) is 1.77. The van der Waals surface area contributed by atoms with Gasteiger partial charge in [-0.25, -0.2) is 4.98 Å². The third-order valence-corrected chi connectivity index (χ3v) is 4.19. The number of ether oxygens (including phenoxy) is 3. The first kappa shape index (κ1) is 15.7. The molecule has 1 aromatic heterocycles. The summed E-state index contributed by atoms with van der Waals surface area (Å²) in [6.07, 6.45) is 4.08. The minimum Gasteiger partial charge on any atom is -0.454 e. The number of hydrogen-bond donors (Lipinski definition) is 2. The van der Waals surface area contributed by atoms with Gasteiger partial charge in [0.25, 0.3) is 5.91 Å². The van der Waals surface area contributed by atoms with E-state index in [0.717, 1.165) is 31.8 Å². The van der Waals surface area contributed by atoms with Crippen LogP contribution >= 0.6 is 0 Å². The molecule has 2 aromatic rings. The zero-order valence-electron chi connectivity index (χ0n) is 13.7. The number of nitrogens with zero attached hydrogens (tertiary/aromatic N) is 1. The van der Waals surface area contributed by atoms with Crippen LogP contribution in [0, 0.1) is 0 Å². The normalized spacial score (nSPS) is 18.2. The molecule has 2 aliphatic heterocycles. The molecule has 1 fully saturated rings. The Morgan fingerprint density at radius 2 is 2.12 bits per heavy atom. The summed E-state index contributed by atoms with van der Waals surface area (Å²) in [6.45, 7) is 1.77. The summed E-state index contributed by atoms with van der Waals surface area (Å²) in [6, 6.07) is 8.75. The van der Waals surface area contributed by atoms with Gasteiger partial charge in [-0.3, -0.25) is 4.79 Å². The van der Waals surface area contributed by atoms with E-state index in [1.165, 1.54) is 0 Å². The van der Waals surface area contributed by atoms with Crippen LogP contribution in [-0.2, 0) is 4.74 Å². The number of carbonyl (C=O) groups excluding carboxylic acids is 1. The van der Waals surface area contributed by atoms with Crippen molar-refractivity contribution in [3.05, 3.63) is 42.1 Å². The van der Waals surface area contributed by atoms with E-state index in [0.29, 0.717) is 22.7 Å². The molecule has 130 valence electrons. The maximum absolute atomic E-state index is 12.3. The molecular weight excluding hydrogens is 322 g/mol. The van der Waals surface area contributed by atoms with Gasteiger partial charge in [-0.15, -0.1) is 0 Å². The van der Waals surface area contributed by atoms with Gasteiger partial charge in [0.05, 0.1) is 18.0 Å². The number of benzene rings is 1. The largest absolute Gasteiger partial charge is 0.454 e. The molecule has 7 nitrogen and oxygen atoms in total. The molecule has 2 aliphatic rings. The number of pyridine rings is 1. The predicted molar refractivity (Wildman–Crippen MR) is 92.2 cm³/mol. The third kappa shape index (κ3) is 3.66. The predicted octanol–water partition coefficient (Wildman–Crippen LogP) is 2.65. The van der Waals surface area contributed by atoms with Crippen LogP contribution in [0.2, 0.25) is 0 Å². The van der Waals surface area contributed by atoms with Crippen molar-refractivity contribution in [2.24, 2.45) is 0 Å². The lowest BCUT2D eigenvalue weighted by molar-refractivity contribution is 0.102. The molecule has 0 bridgehead atoms. The number of aromatic nitrogens is 1. The summed E-state index contributed by atoms with van der Waals surface area (Å²) >= 11 is 0. The number of hydrogen-bond acceptors (Lipinski definition) is 6. The molecular formula is C18H19N3O4. The highest BCUT2D eigenvalue weighted by atomic mass is 16.7. The molecule has 0 spiro atoms. The van der Waals surface area contributed by atoms with Gasteiger partial charge in [-0.1, -0.05) is 0 Å². The van der Waals surface area contributed by atoms with Crippen molar-refractivity contribution in [3.8, 4) is 11.5 Å². The molecule has 2 N–H and O–H groups in total. The summed E-state index contributed by atoms with van der Waals surface area (Å²) in [4.78, 5) is 16.6. The maximum atomic E-state index is 12.3.